The lowest BCUT2D eigenvalue weighted by atomic mass is 9.85. The van der Waals surface area contributed by atoms with E-state index in [2.05, 4.69) is 16.1 Å². The molecule has 25 heavy (non-hydrogen) atoms. The average Bonchev–Trinajstić information content (AvgIpc) is 2.55. The first-order valence-corrected chi connectivity index (χ1v) is 8.52. The number of aliphatic hydroxyl groups is 1. The Morgan fingerprint density at radius 2 is 2.08 bits per heavy atom. The van der Waals surface area contributed by atoms with Crippen molar-refractivity contribution in [2.24, 2.45) is 5.84 Å². The van der Waals surface area contributed by atoms with E-state index in [4.69, 9.17) is 10.6 Å². The third kappa shape index (κ3) is 5.11. The van der Waals surface area contributed by atoms with Crippen LogP contribution in [0.4, 0.5) is 4.79 Å². The number of hydrogen-bond donors (Lipinski definition) is 5. The van der Waals surface area contributed by atoms with Crippen molar-refractivity contribution in [2.75, 3.05) is 0 Å². The third-order valence-electron chi connectivity index (χ3n) is 4.15. The maximum atomic E-state index is 11.9. The number of carbonyl (C=O) groups excluding carboxylic acids is 1. The molecular weight excluding hydrogens is 320 g/mol. The highest BCUT2D eigenvalue weighted by Gasteiger charge is 2.38. The molecule has 0 saturated heterocycles. The number of alkyl carbamates (subject to hydrolysis) is 1. The lowest BCUT2D eigenvalue weighted by Crippen LogP contribution is -2.49. The van der Waals surface area contributed by atoms with E-state index in [9.17, 15) is 9.90 Å². The molecule has 7 nitrogen and oxygen atoms in total. The molecule has 6 N–H and O–H groups in total. The molecule has 0 saturated carbocycles. The molecule has 2 atom stereocenters. The Labute approximate surface area is 148 Å². The molecule has 0 spiro atoms. The van der Waals surface area contributed by atoms with Crippen LogP contribution in [-0.4, -0.2) is 28.9 Å². The van der Waals surface area contributed by atoms with Crippen molar-refractivity contribution in [3.63, 3.8) is 0 Å². The quantitative estimate of drug-likeness (QED) is 0.394. The summed E-state index contributed by atoms with van der Waals surface area (Å²) in [4.78, 5) is 11.9. The number of hydrazine groups is 1. The van der Waals surface area contributed by atoms with Gasteiger partial charge in [-0.2, -0.15) is 0 Å². The van der Waals surface area contributed by atoms with Gasteiger partial charge in [0.05, 0.1) is 11.4 Å². The van der Waals surface area contributed by atoms with Gasteiger partial charge in [-0.15, -0.1) is 0 Å². The normalized spacial score (nSPS) is 23.4. The monoisotopic (exact) mass is 348 g/mol. The fourth-order valence-electron chi connectivity index (χ4n) is 2.89. The third-order valence-corrected chi connectivity index (χ3v) is 4.15. The molecule has 1 amide bonds. The summed E-state index contributed by atoms with van der Waals surface area (Å²) in [6, 6.07) is 9.82. The molecule has 0 aliphatic heterocycles. The molecule has 1 aromatic carbocycles. The first kappa shape index (κ1) is 19.1. The molecule has 1 aliphatic rings. The average molecular weight is 348 g/mol. The predicted molar refractivity (Wildman–Crippen MR) is 96.0 cm³/mol. The summed E-state index contributed by atoms with van der Waals surface area (Å²) < 4.78 is 5.48. The molecule has 0 fully saturated rings. The van der Waals surface area contributed by atoms with E-state index < -0.39 is 17.8 Å². The maximum Gasteiger partial charge on any atom is 0.407 e. The van der Waals surface area contributed by atoms with E-state index >= 15 is 0 Å². The summed E-state index contributed by atoms with van der Waals surface area (Å²) in [5, 5.41) is 16.7. The first-order chi connectivity index (χ1) is 11.8. The summed E-state index contributed by atoms with van der Waals surface area (Å²) in [5.74, 6) is 5.68. The molecule has 0 unspecified atom stereocenters. The van der Waals surface area contributed by atoms with Crippen molar-refractivity contribution < 1.29 is 14.6 Å². The maximum absolute atomic E-state index is 11.9. The van der Waals surface area contributed by atoms with Gasteiger partial charge in [0.25, 0.3) is 0 Å². The van der Waals surface area contributed by atoms with Crippen molar-refractivity contribution in [3.05, 3.63) is 47.3 Å². The number of amides is 1. The SMILES string of the molecule is CC(C)NC(=O)O[C@@H]1CC[C@@](C)(O)C(NCc2ccccc2)=C1NN. The molecule has 2 rings (SSSR count). The summed E-state index contributed by atoms with van der Waals surface area (Å²) in [6.07, 6.45) is -0.109. The fraction of sp³-hybridized carbons (Fsp3) is 0.500. The van der Waals surface area contributed by atoms with Crippen LogP contribution in [0.25, 0.3) is 0 Å². The number of nitrogens with one attached hydrogen (secondary N) is 3. The van der Waals surface area contributed by atoms with Crippen LogP contribution in [0.1, 0.15) is 39.2 Å². The molecule has 1 aliphatic carbocycles. The molecular formula is C18H28N4O3. The number of rotatable bonds is 6. The van der Waals surface area contributed by atoms with Gasteiger partial charge in [0.1, 0.15) is 11.7 Å². The largest absolute Gasteiger partial charge is 0.440 e. The van der Waals surface area contributed by atoms with Gasteiger partial charge in [-0.05, 0) is 39.2 Å². The minimum Gasteiger partial charge on any atom is -0.440 e. The number of nitrogens with two attached hydrogens (primary N) is 1. The molecule has 138 valence electrons. The lowest BCUT2D eigenvalue weighted by molar-refractivity contribution is 0.0320. The number of benzene rings is 1. The van der Waals surface area contributed by atoms with E-state index in [1.165, 1.54) is 0 Å². The van der Waals surface area contributed by atoms with E-state index in [-0.39, 0.29) is 6.04 Å². The van der Waals surface area contributed by atoms with Crippen molar-refractivity contribution in [2.45, 2.75) is 57.9 Å². The predicted octanol–water partition coefficient (Wildman–Crippen LogP) is 1.50. The first-order valence-electron chi connectivity index (χ1n) is 8.52. The molecule has 7 heteroatoms. The van der Waals surface area contributed by atoms with Gasteiger partial charge in [0.2, 0.25) is 0 Å². The van der Waals surface area contributed by atoms with Crippen molar-refractivity contribution >= 4 is 6.09 Å². The Kier molecular flexibility index (Phi) is 6.27. The van der Waals surface area contributed by atoms with Crippen LogP contribution in [0.15, 0.2) is 41.7 Å². The van der Waals surface area contributed by atoms with Crippen molar-refractivity contribution in [3.8, 4) is 0 Å². The highest BCUT2D eigenvalue weighted by Crippen LogP contribution is 2.32. The van der Waals surface area contributed by atoms with Crippen molar-refractivity contribution in [1.29, 1.82) is 0 Å². The highest BCUT2D eigenvalue weighted by molar-refractivity contribution is 5.68. The van der Waals surface area contributed by atoms with E-state index in [0.717, 1.165) is 5.56 Å². The van der Waals surface area contributed by atoms with Gasteiger partial charge in [0, 0.05) is 12.6 Å². The van der Waals surface area contributed by atoms with Gasteiger partial charge in [0.15, 0.2) is 0 Å². The Morgan fingerprint density at radius 3 is 2.68 bits per heavy atom. The Bertz CT molecular complexity index is 614. The van der Waals surface area contributed by atoms with Crippen LogP contribution >= 0.6 is 0 Å². The van der Waals surface area contributed by atoms with Gasteiger partial charge in [-0.25, -0.2) is 4.79 Å². The summed E-state index contributed by atoms with van der Waals surface area (Å²) in [7, 11) is 0. The van der Waals surface area contributed by atoms with Crippen LogP contribution < -0.4 is 21.9 Å². The number of ether oxygens (including phenoxy) is 1. The second kappa shape index (κ2) is 8.22. The minimum absolute atomic E-state index is 0.0202. The standard InChI is InChI=1S/C18H28N4O3/c1-12(2)21-17(23)25-14-9-10-18(3,24)16(15(14)22-19)20-11-13-7-5-4-6-8-13/h4-8,12,14,20,22,24H,9-11,19H2,1-3H3,(H,21,23)/t14-,18-/m1/s1. The summed E-state index contributed by atoms with van der Waals surface area (Å²) in [5.41, 5.74) is 3.64. The van der Waals surface area contributed by atoms with Crippen LogP contribution in [0.3, 0.4) is 0 Å². The van der Waals surface area contributed by atoms with E-state index in [1.807, 2.05) is 44.2 Å². The molecule has 0 bridgehead atoms. The summed E-state index contributed by atoms with van der Waals surface area (Å²) >= 11 is 0. The Balaban J connectivity index is 2.18. The van der Waals surface area contributed by atoms with Crippen LogP contribution in [0, 0.1) is 0 Å². The zero-order valence-corrected chi connectivity index (χ0v) is 15.0. The smallest absolute Gasteiger partial charge is 0.407 e. The zero-order valence-electron chi connectivity index (χ0n) is 15.0. The molecule has 1 aromatic rings. The van der Waals surface area contributed by atoms with Crippen LogP contribution in [0.5, 0.6) is 0 Å². The van der Waals surface area contributed by atoms with Gasteiger partial charge < -0.3 is 25.9 Å². The fourth-order valence-corrected chi connectivity index (χ4v) is 2.89. The lowest BCUT2D eigenvalue weighted by Gasteiger charge is -2.37. The van der Waals surface area contributed by atoms with Gasteiger partial charge in [-0.1, -0.05) is 30.3 Å². The van der Waals surface area contributed by atoms with Crippen molar-refractivity contribution in [1.82, 2.24) is 16.1 Å². The summed E-state index contributed by atoms with van der Waals surface area (Å²) in [6.45, 7) is 5.97. The number of carbonyl (C=O) groups is 1. The molecule has 0 radical (unpaired) electrons. The van der Waals surface area contributed by atoms with E-state index in [0.29, 0.717) is 30.8 Å². The molecule has 0 aromatic heterocycles. The second-order valence-electron chi connectivity index (χ2n) is 6.78. The molecule has 0 heterocycles. The topological polar surface area (TPSA) is 109 Å². The van der Waals surface area contributed by atoms with Gasteiger partial charge in [-0.3, -0.25) is 5.84 Å². The second-order valence-corrected chi connectivity index (χ2v) is 6.78. The zero-order chi connectivity index (χ0) is 18.4. The minimum atomic E-state index is -1.08. The number of hydrogen-bond acceptors (Lipinski definition) is 6. The van der Waals surface area contributed by atoms with E-state index in [1.54, 1.807) is 6.92 Å². The van der Waals surface area contributed by atoms with Crippen LogP contribution in [-0.2, 0) is 11.3 Å². The van der Waals surface area contributed by atoms with Gasteiger partial charge >= 0.3 is 6.09 Å². The Morgan fingerprint density at radius 1 is 1.40 bits per heavy atom. The highest BCUT2D eigenvalue weighted by atomic mass is 16.6. The Hall–Kier alpha value is -2.25. The van der Waals surface area contributed by atoms with Crippen LogP contribution in [0.2, 0.25) is 0 Å².